The number of hydrogen-bond donors (Lipinski definition) is 1. The lowest BCUT2D eigenvalue weighted by atomic mass is 9.98. The quantitative estimate of drug-likeness (QED) is 0.712. The van der Waals surface area contributed by atoms with Gasteiger partial charge in [0.1, 0.15) is 5.82 Å². The minimum Gasteiger partial charge on any atom is -0.345 e. The van der Waals surface area contributed by atoms with Crippen LogP contribution in [-0.4, -0.2) is 9.97 Å². The van der Waals surface area contributed by atoms with Gasteiger partial charge in [0.25, 0.3) is 0 Å². The Morgan fingerprint density at radius 2 is 1.61 bits per heavy atom. The van der Waals surface area contributed by atoms with Gasteiger partial charge in [-0.15, -0.1) is 0 Å². The molecule has 0 fully saturated rings. The molecule has 1 heterocycles. The van der Waals surface area contributed by atoms with Gasteiger partial charge in [-0.1, -0.05) is 54.1 Å². The maximum Gasteiger partial charge on any atom is 0.137 e. The Morgan fingerprint density at radius 1 is 0.889 bits per heavy atom. The van der Waals surface area contributed by atoms with E-state index in [0.717, 1.165) is 11.4 Å². The van der Waals surface area contributed by atoms with Gasteiger partial charge in [0.2, 0.25) is 0 Å². The van der Waals surface area contributed by atoms with Gasteiger partial charge in [0, 0.05) is 18.0 Å². The van der Waals surface area contributed by atoms with Gasteiger partial charge in [-0.05, 0) is 18.1 Å². The van der Waals surface area contributed by atoms with E-state index in [2.05, 4.69) is 59.4 Å². The van der Waals surface area contributed by atoms with Crippen LogP contribution in [0.4, 0.5) is 0 Å². The molecule has 2 aromatic carbocycles. The van der Waals surface area contributed by atoms with Crippen molar-refractivity contribution in [2.45, 2.75) is 6.92 Å². The van der Waals surface area contributed by atoms with E-state index in [9.17, 15) is 0 Å². The molecule has 0 aliphatic rings. The Morgan fingerprint density at radius 3 is 2.28 bits per heavy atom. The molecule has 0 saturated carbocycles. The summed E-state index contributed by atoms with van der Waals surface area (Å²) in [4.78, 5) is 7.50. The summed E-state index contributed by atoms with van der Waals surface area (Å²) in [7, 11) is 0. The van der Waals surface area contributed by atoms with Crippen LogP contribution in [0.25, 0.3) is 22.5 Å². The van der Waals surface area contributed by atoms with E-state index >= 15 is 0 Å². The fourth-order valence-corrected chi connectivity index (χ4v) is 2.09. The molecule has 0 bridgehead atoms. The van der Waals surface area contributed by atoms with Gasteiger partial charge in [-0.2, -0.15) is 0 Å². The van der Waals surface area contributed by atoms with E-state index in [-0.39, 0.29) is 0 Å². The van der Waals surface area contributed by atoms with Crippen LogP contribution in [0.2, 0.25) is 0 Å². The minimum absolute atomic E-state index is 0.908. The van der Waals surface area contributed by atoms with E-state index in [0.29, 0.717) is 0 Å². The Bertz CT molecular complexity index is 637. The second-order valence-corrected chi connectivity index (χ2v) is 4.35. The SMILES string of the molecule is Cc1ccc(-c2ccccc2-c2ncc[nH]2)cc1. The number of aromatic amines is 1. The fraction of sp³-hybridized carbons (Fsp3) is 0.0625. The van der Waals surface area contributed by atoms with Crippen molar-refractivity contribution in [2.24, 2.45) is 0 Å². The summed E-state index contributed by atoms with van der Waals surface area (Å²) in [5, 5.41) is 0. The number of aromatic nitrogens is 2. The zero-order valence-electron chi connectivity index (χ0n) is 10.2. The number of nitrogens with one attached hydrogen (secondary N) is 1. The molecule has 0 spiro atoms. The van der Waals surface area contributed by atoms with Gasteiger partial charge in [0.05, 0.1) is 0 Å². The third-order valence-corrected chi connectivity index (χ3v) is 3.04. The van der Waals surface area contributed by atoms with Gasteiger partial charge < -0.3 is 4.98 Å². The second kappa shape index (κ2) is 4.49. The lowest BCUT2D eigenvalue weighted by Gasteiger charge is -2.07. The summed E-state index contributed by atoms with van der Waals surface area (Å²) < 4.78 is 0. The number of nitrogens with zero attached hydrogens (tertiary/aromatic N) is 1. The van der Waals surface area contributed by atoms with Crippen LogP contribution in [0, 0.1) is 6.92 Å². The van der Waals surface area contributed by atoms with Crippen molar-refractivity contribution in [1.82, 2.24) is 9.97 Å². The topological polar surface area (TPSA) is 28.7 Å². The first-order valence-corrected chi connectivity index (χ1v) is 6.00. The van der Waals surface area contributed by atoms with Gasteiger partial charge >= 0.3 is 0 Å². The van der Waals surface area contributed by atoms with Crippen molar-refractivity contribution >= 4 is 0 Å². The fourth-order valence-electron chi connectivity index (χ4n) is 2.09. The van der Waals surface area contributed by atoms with Crippen molar-refractivity contribution in [1.29, 1.82) is 0 Å². The van der Waals surface area contributed by atoms with Crippen LogP contribution in [0.1, 0.15) is 5.56 Å². The molecular formula is C16H14N2. The van der Waals surface area contributed by atoms with E-state index in [1.807, 2.05) is 12.3 Å². The molecule has 0 unspecified atom stereocenters. The number of aryl methyl sites for hydroxylation is 1. The van der Waals surface area contributed by atoms with Crippen molar-refractivity contribution in [2.75, 3.05) is 0 Å². The number of H-pyrrole nitrogens is 1. The highest BCUT2D eigenvalue weighted by Gasteiger charge is 2.07. The third-order valence-electron chi connectivity index (χ3n) is 3.04. The van der Waals surface area contributed by atoms with Crippen LogP contribution in [0.5, 0.6) is 0 Å². The van der Waals surface area contributed by atoms with Crippen LogP contribution in [0.3, 0.4) is 0 Å². The average Bonchev–Trinajstić information content (AvgIpc) is 2.93. The standard InChI is InChI=1S/C16H14N2/c1-12-6-8-13(9-7-12)14-4-2-3-5-15(14)16-17-10-11-18-16/h2-11H,1H3,(H,17,18). The summed E-state index contributed by atoms with van der Waals surface area (Å²) in [6.45, 7) is 2.10. The molecule has 0 amide bonds. The molecule has 3 rings (SSSR count). The zero-order valence-corrected chi connectivity index (χ0v) is 10.2. The predicted molar refractivity (Wildman–Crippen MR) is 74.2 cm³/mol. The van der Waals surface area contributed by atoms with E-state index < -0.39 is 0 Å². The molecule has 88 valence electrons. The summed E-state index contributed by atoms with van der Waals surface area (Å²) in [5.74, 6) is 0.908. The molecule has 0 aliphatic carbocycles. The Kier molecular flexibility index (Phi) is 2.69. The smallest absolute Gasteiger partial charge is 0.137 e. The molecule has 18 heavy (non-hydrogen) atoms. The summed E-state index contributed by atoms with van der Waals surface area (Å²) in [6.07, 6.45) is 3.63. The lowest BCUT2D eigenvalue weighted by molar-refractivity contribution is 1.31. The molecule has 3 aromatic rings. The first-order valence-electron chi connectivity index (χ1n) is 6.00. The number of rotatable bonds is 2. The minimum atomic E-state index is 0.908. The number of benzene rings is 2. The average molecular weight is 234 g/mol. The largest absolute Gasteiger partial charge is 0.345 e. The summed E-state index contributed by atoms with van der Waals surface area (Å²) in [5.41, 5.74) is 4.82. The van der Waals surface area contributed by atoms with Crippen LogP contribution >= 0.6 is 0 Å². The normalized spacial score (nSPS) is 10.5. The molecule has 0 atom stereocenters. The van der Waals surface area contributed by atoms with E-state index in [4.69, 9.17) is 0 Å². The monoisotopic (exact) mass is 234 g/mol. The second-order valence-electron chi connectivity index (χ2n) is 4.35. The first-order chi connectivity index (χ1) is 8.84. The van der Waals surface area contributed by atoms with Gasteiger partial charge in [-0.3, -0.25) is 0 Å². The maximum atomic E-state index is 4.33. The van der Waals surface area contributed by atoms with Crippen LogP contribution in [0.15, 0.2) is 60.9 Å². The molecule has 1 N–H and O–H groups in total. The first kappa shape index (κ1) is 10.8. The number of hydrogen-bond acceptors (Lipinski definition) is 1. The highest BCUT2D eigenvalue weighted by Crippen LogP contribution is 2.29. The van der Waals surface area contributed by atoms with Crippen LogP contribution < -0.4 is 0 Å². The maximum absolute atomic E-state index is 4.33. The van der Waals surface area contributed by atoms with E-state index in [1.54, 1.807) is 6.20 Å². The van der Waals surface area contributed by atoms with Crippen molar-refractivity contribution in [3.8, 4) is 22.5 Å². The molecule has 0 aliphatic heterocycles. The molecule has 0 saturated heterocycles. The highest BCUT2D eigenvalue weighted by molar-refractivity contribution is 5.80. The summed E-state index contributed by atoms with van der Waals surface area (Å²) >= 11 is 0. The Balaban J connectivity index is 2.15. The number of imidazole rings is 1. The van der Waals surface area contributed by atoms with E-state index in [1.165, 1.54) is 16.7 Å². The Hall–Kier alpha value is -2.35. The van der Waals surface area contributed by atoms with Gasteiger partial charge in [0.15, 0.2) is 0 Å². The lowest BCUT2D eigenvalue weighted by Crippen LogP contribution is -1.86. The molecule has 2 nitrogen and oxygen atoms in total. The molecule has 0 radical (unpaired) electrons. The third kappa shape index (κ3) is 1.93. The molecular weight excluding hydrogens is 220 g/mol. The van der Waals surface area contributed by atoms with Gasteiger partial charge in [-0.25, -0.2) is 4.98 Å². The molecule has 1 aromatic heterocycles. The van der Waals surface area contributed by atoms with Crippen molar-refractivity contribution in [3.05, 3.63) is 66.5 Å². The zero-order chi connectivity index (χ0) is 12.4. The van der Waals surface area contributed by atoms with Crippen molar-refractivity contribution in [3.63, 3.8) is 0 Å². The Labute approximate surface area is 106 Å². The van der Waals surface area contributed by atoms with Crippen molar-refractivity contribution < 1.29 is 0 Å². The summed E-state index contributed by atoms with van der Waals surface area (Å²) in [6, 6.07) is 16.9. The van der Waals surface area contributed by atoms with Crippen LogP contribution in [-0.2, 0) is 0 Å². The molecule has 2 heteroatoms. The predicted octanol–water partition coefficient (Wildman–Crippen LogP) is 4.05. The highest BCUT2D eigenvalue weighted by atomic mass is 14.9.